The van der Waals surface area contributed by atoms with Gasteiger partial charge in [-0.25, -0.2) is 0 Å². The molecule has 0 amide bonds. The Hall–Kier alpha value is -1.07. The Balaban J connectivity index is 1.98. The average molecular weight is 257 g/mol. The summed E-state index contributed by atoms with van der Waals surface area (Å²) >= 11 is 0. The van der Waals surface area contributed by atoms with Crippen LogP contribution in [-0.4, -0.2) is 29.3 Å². The van der Waals surface area contributed by atoms with Crippen molar-refractivity contribution in [2.24, 2.45) is 0 Å². The molecular weight excluding hydrogens is 243 g/mol. The maximum absolute atomic E-state index is 12.6. The van der Waals surface area contributed by atoms with E-state index in [1.54, 1.807) is 0 Å². The molecule has 1 unspecified atom stereocenters. The predicted octanol–water partition coefficient (Wildman–Crippen LogP) is 2.59. The Bertz CT molecular complexity index is 468. The first-order valence-corrected chi connectivity index (χ1v) is 6.02. The first kappa shape index (κ1) is 12.0. The summed E-state index contributed by atoms with van der Waals surface area (Å²) < 4.78 is 37.8. The van der Waals surface area contributed by atoms with Crippen molar-refractivity contribution in [3.8, 4) is 0 Å². The normalized spacial score (nSPS) is 26.1. The molecule has 5 heteroatoms. The Morgan fingerprint density at radius 3 is 2.56 bits per heavy atom. The van der Waals surface area contributed by atoms with Crippen molar-refractivity contribution in [3.05, 3.63) is 35.4 Å². The van der Waals surface area contributed by atoms with Crippen molar-refractivity contribution in [1.29, 1.82) is 0 Å². The van der Waals surface area contributed by atoms with Crippen LogP contribution in [0, 0.1) is 0 Å². The number of benzene rings is 1. The molecule has 1 heterocycles. The summed E-state index contributed by atoms with van der Waals surface area (Å²) in [7, 11) is 0. The lowest BCUT2D eigenvalue weighted by molar-refractivity contribution is -0.158. The zero-order valence-electron chi connectivity index (χ0n) is 9.74. The molecule has 98 valence electrons. The number of alkyl halides is 3. The van der Waals surface area contributed by atoms with Crippen LogP contribution in [0.2, 0.25) is 0 Å². The van der Waals surface area contributed by atoms with E-state index in [0.29, 0.717) is 0 Å². The molecular formula is C13H14F3NO. The van der Waals surface area contributed by atoms with Crippen LogP contribution in [0.5, 0.6) is 0 Å². The molecule has 1 aromatic rings. The Kier molecular flexibility index (Phi) is 2.47. The molecule has 1 saturated carbocycles. The maximum Gasteiger partial charge on any atom is 0.401 e. The van der Waals surface area contributed by atoms with Gasteiger partial charge in [0.15, 0.2) is 0 Å². The zero-order valence-corrected chi connectivity index (χ0v) is 9.74. The summed E-state index contributed by atoms with van der Waals surface area (Å²) in [5.74, 6) is 0. The summed E-state index contributed by atoms with van der Waals surface area (Å²) in [5.41, 5.74) is 1.17. The van der Waals surface area contributed by atoms with E-state index in [-0.39, 0.29) is 6.54 Å². The summed E-state index contributed by atoms with van der Waals surface area (Å²) in [6.07, 6.45) is -3.56. The molecule has 1 N–H and O–H groups in total. The van der Waals surface area contributed by atoms with Crippen molar-refractivity contribution in [1.82, 2.24) is 4.90 Å². The highest BCUT2D eigenvalue weighted by atomic mass is 19.4. The Morgan fingerprint density at radius 1 is 1.28 bits per heavy atom. The molecule has 0 saturated heterocycles. The molecule has 1 aliphatic heterocycles. The lowest BCUT2D eigenvalue weighted by Gasteiger charge is -2.40. The number of fused-ring (bicyclic) bond motifs is 2. The van der Waals surface area contributed by atoms with E-state index in [4.69, 9.17) is 0 Å². The summed E-state index contributed by atoms with van der Waals surface area (Å²) in [5, 5.41) is 9.98. The van der Waals surface area contributed by atoms with Crippen LogP contribution in [0.15, 0.2) is 24.3 Å². The van der Waals surface area contributed by atoms with Gasteiger partial charge in [0.2, 0.25) is 0 Å². The molecule has 0 bridgehead atoms. The van der Waals surface area contributed by atoms with E-state index in [2.05, 4.69) is 0 Å². The van der Waals surface area contributed by atoms with Crippen molar-refractivity contribution >= 4 is 0 Å². The summed E-state index contributed by atoms with van der Waals surface area (Å²) in [4.78, 5) is 1.39. The number of hydrogen-bond acceptors (Lipinski definition) is 2. The lowest BCUT2D eigenvalue weighted by atomic mass is 9.89. The second-order valence-electron chi connectivity index (χ2n) is 5.13. The van der Waals surface area contributed by atoms with Crippen LogP contribution in [-0.2, 0) is 5.54 Å². The highest BCUT2D eigenvalue weighted by molar-refractivity contribution is 5.41. The van der Waals surface area contributed by atoms with Gasteiger partial charge in [-0.05, 0) is 24.0 Å². The zero-order chi connectivity index (χ0) is 13.0. The van der Waals surface area contributed by atoms with Gasteiger partial charge in [-0.3, -0.25) is 4.90 Å². The predicted molar refractivity (Wildman–Crippen MR) is 59.9 cm³/mol. The van der Waals surface area contributed by atoms with Gasteiger partial charge in [0.1, 0.15) is 0 Å². The van der Waals surface area contributed by atoms with Crippen LogP contribution in [0.1, 0.15) is 30.1 Å². The summed E-state index contributed by atoms with van der Waals surface area (Å²) in [6.45, 7) is -0.880. The highest BCUT2D eigenvalue weighted by Crippen LogP contribution is 2.56. The molecule has 0 radical (unpaired) electrons. The smallest absolute Gasteiger partial charge is 0.387 e. The highest BCUT2D eigenvalue weighted by Gasteiger charge is 2.55. The molecule has 1 fully saturated rings. The molecule has 2 aliphatic rings. The van der Waals surface area contributed by atoms with Gasteiger partial charge in [-0.1, -0.05) is 24.3 Å². The van der Waals surface area contributed by atoms with Gasteiger partial charge in [-0.2, -0.15) is 13.2 Å². The molecule has 3 rings (SSSR count). The lowest BCUT2D eigenvalue weighted by Crippen LogP contribution is -2.47. The third-order valence-electron chi connectivity index (χ3n) is 3.91. The molecule has 1 spiro atoms. The molecule has 18 heavy (non-hydrogen) atoms. The maximum atomic E-state index is 12.6. The second-order valence-corrected chi connectivity index (χ2v) is 5.13. The quantitative estimate of drug-likeness (QED) is 0.836. The van der Waals surface area contributed by atoms with Gasteiger partial charge in [0.25, 0.3) is 0 Å². The van der Waals surface area contributed by atoms with Gasteiger partial charge < -0.3 is 5.11 Å². The third-order valence-corrected chi connectivity index (χ3v) is 3.91. The largest absolute Gasteiger partial charge is 0.401 e. The van der Waals surface area contributed by atoms with Gasteiger partial charge in [0.05, 0.1) is 12.6 Å². The standard InChI is InChI=1S/C13H14F3NO/c14-13(15,16)8-17-7-11(18)9-3-1-2-4-10(9)12(17)5-6-12/h1-4,11,18H,5-8H2. The fourth-order valence-corrected chi connectivity index (χ4v) is 3.00. The summed E-state index contributed by atoms with van der Waals surface area (Å²) in [6, 6.07) is 7.29. The van der Waals surface area contributed by atoms with Gasteiger partial charge >= 0.3 is 6.18 Å². The average Bonchev–Trinajstić information content (AvgIpc) is 3.06. The van der Waals surface area contributed by atoms with Gasteiger partial charge in [-0.15, -0.1) is 0 Å². The Labute approximate surface area is 103 Å². The van der Waals surface area contributed by atoms with Crippen LogP contribution in [0.3, 0.4) is 0 Å². The molecule has 2 nitrogen and oxygen atoms in total. The molecule has 0 aromatic heterocycles. The van der Waals surface area contributed by atoms with Crippen molar-refractivity contribution in [2.45, 2.75) is 30.7 Å². The minimum absolute atomic E-state index is 0.0660. The van der Waals surface area contributed by atoms with E-state index >= 15 is 0 Å². The number of β-amino-alcohol motifs (C(OH)–C–C–N with tert-alkyl or cyclic N) is 1. The Morgan fingerprint density at radius 2 is 1.94 bits per heavy atom. The van der Waals surface area contributed by atoms with Crippen molar-refractivity contribution in [2.75, 3.05) is 13.1 Å². The van der Waals surface area contributed by atoms with Gasteiger partial charge in [0, 0.05) is 12.1 Å². The monoisotopic (exact) mass is 257 g/mol. The number of aliphatic hydroxyl groups excluding tert-OH is 1. The topological polar surface area (TPSA) is 23.5 Å². The van der Waals surface area contributed by atoms with Crippen LogP contribution in [0.25, 0.3) is 0 Å². The van der Waals surface area contributed by atoms with E-state index < -0.39 is 24.4 Å². The van der Waals surface area contributed by atoms with E-state index in [0.717, 1.165) is 24.0 Å². The number of rotatable bonds is 1. The minimum Gasteiger partial charge on any atom is -0.387 e. The fraction of sp³-hybridized carbons (Fsp3) is 0.538. The molecule has 1 aromatic carbocycles. The van der Waals surface area contributed by atoms with Crippen molar-refractivity contribution < 1.29 is 18.3 Å². The fourth-order valence-electron chi connectivity index (χ4n) is 3.00. The number of aliphatic hydroxyl groups is 1. The van der Waals surface area contributed by atoms with E-state index in [1.165, 1.54) is 4.90 Å². The molecule has 1 atom stereocenters. The molecule has 1 aliphatic carbocycles. The minimum atomic E-state index is -4.22. The first-order valence-electron chi connectivity index (χ1n) is 6.02. The van der Waals surface area contributed by atoms with E-state index in [1.807, 2.05) is 24.3 Å². The van der Waals surface area contributed by atoms with Crippen LogP contribution < -0.4 is 0 Å². The second kappa shape index (κ2) is 3.71. The SMILES string of the molecule is OC1CN(CC(F)(F)F)C2(CC2)c2ccccc21. The third kappa shape index (κ3) is 1.82. The number of nitrogens with zero attached hydrogens (tertiary/aromatic N) is 1. The van der Waals surface area contributed by atoms with E-state index in [9.17, 15) is 18.3 Å². The van der Waals surface area contributed by atoms with Crippen LogP contribution in [0.4, 0.5) is 13.2 Å². The van der Waals surface area contributed by atoms with Crippen LogP contribution >= 0.6 is 0 Å². The van der Waals surface area contributed by atoms with Crippen molar-refractivity contribution in [3.63, 3.8) is 0 Å². The number of halogens is 3. The number of hydrogen-bond donors (Lipinski definition) is 1. The first-order chi connectivity index (χ1) is 8.42.